The lowest BCUT2D eigenvalue weighted by atomic mass is 10.3. The van der Waals surface area contributed by atoms with Gasteiger partial charge in [-0.3, -0.25) is 15.4 Å². The van der Waals surface area contributed by atoms with Crippen LogP contribution >= 0.6 is 23.2 Å². The topological polar surface area (TPSA) is 90.9 Å². The van der Waals surface area contributed by atoms with Gasteiger partial charge in [0.2, 0.25) is 0 Å². The van der Waals surface area contributed by atoms with Gasteiger partial charge < -0.3 is 4.57 Å². The molecule has 9 heteroatoms. The van der Waals surface area contributed by atoms with Crippen LogP contribution in [0.4, 0.5) is 11.6 Å². The fourth-order valence-electron chi connectivity index (χ4n) is 2.43. The van der Waals surface area contributed by atoms with Crippen LogP contribution in [0.5, 0.6) is 0 Å². The summed E-state index contributed by atoms with van der Waals surface area (Å²) in [6, 6.07) is 5.05. The number of aromatic nitrogens is 2. The normalized spacial score (nSPS) is 12.7. The van der Waals surface area contributed by atoms with Crippen LogP contribution in [0.2, 0.25) is 10.0 Å². The minimum Gasteiger partial charge on any atom is -0.305 e. The van der Waals surface area contributed by atoms with Gasteiger partial charge in [-0.1, -0.05) is 36.5 Å². The van der Waals surface area contributed by atoms with Crippen molar-refractivity contribution in [2.45, 2.75) is 26.3 Å². The number of hydrogen-bond acceptors (Lipinski definition) is 5. The first-order valence-electron chi connectivity index (χ1n) is 7.17. The van der Waals surface area contributed by atoms with Crippen molar-refractivity contribution >= 4 is 34.8 Å². The predicted octanol–water partition coefficient (Wildman–Crippen LogP) is 3.03. The van der Waals surface area contributed by atoms with E-state index in [4.69, 9.17) is 39.0 Å². The fourth-order valence-corrected chi connectivity index (χ4v) is 2.73. The lowest BCUT2D eigenvalue weighted by molar-refractivity contribution is 0.278. The van der Waals surface area contributed by atoms with Crippen molar-refractivity contribution in [3.8, 4) is 5.69 Å². The summed E-state index contributed by atoms with van der Waals surface area (Å²) in [7, 11) is 0. The molecule has 0 saturated heterocycles. The quantitative estimate of drug-likeness (QED) is 0.680. The molecule has 23 heavy (non-hydrogen) atoms. The highest BCUT2D eigenvalue weighted by Gasteiger charge is 2.22. The van der Waals surface area contributed by atoms with Gasteiger partial charge in [0.05, 0.1) is 15.7 Å². The van der Waals surface area contributed by atoms with Crippen LogP contribution in [0.1, 0.15) is 19.8 Å². The Morgan fingerprint density at radius 2 is 1.83 bits per heavy atom. The third kappa shape index (κ3) is 2.71. The molecule has 0 fully saturated rings. The van der Waals surface area contributed by atoms with Crippen molar-refractivity contribution in [2.24, 2.45) is 0 Å². The van der Waals surface area contributed by atoms with E-state index in [1.165, 1.54) is 0 Å². The molecule has 0 radical (unpaired) electrons. The Balaban J connectivity index is 2.25. The summed E-state index contributed by atoms with van der Waals surface area (Å²) in [6.45, 7) is 2.71. The smallest absolute Gasteiger partial charge is 0.182 e. The molecule has 3 rings (SSSR count). The van der Waals surface area contributed by atoms with Gasteiger partial charge in [-0.15, -0.1) is 0 Å². The Hall–Kier alpha value is -1.96. The molecule has 2 aromatic rings. The zero-order valence-corrected chi connectivity index (χ0v) is 13.9. The Bertz CT molecular complexity index is 873. The molecule has 122 valence electrons. The minimum atomic E-state index is 0.0260. The standard InChI is InChI=1S/C14H16Cl2N6O/c1-2-3-6-21-11(17)12(18)22(14-13(21)19-23-20-14)8-4-5-9(15)10(16)7-8/h4-5,7,17-20H,2-3,6H2,1H3. The molecule has 0 spiro atoms. The van der Waals surface area contributed by atoms with Crippen LogP contribution in [0, 0.1) is 10.8 Å². The zero-order chi connectivity index (χ0) is 16.6. The third-order valence-electron chi connectivity index (χ3n) is 3.63. The predicted molar refractivity (Wildman–Crippen MR) is 88.7 cm³/mol. The number of nitrogens with one attached hydrogen (secondary N) is 4. The van der Waals surface area contributed by atoms with Crippen LogP contribution in [-0.4, -0.2) is 9.13 Å². The maximum absolute atomic E-state index is 8.36. The average Bonchev–Trinajstić information content (AvgIpc) is 3.00. The van der Waals surface area contributed by atoms with Crippen LogP contribution in [0.3, 0.4) is 0 Å². The molecule has 7 nitrogen and oxygen atoms in total. The van der Waals surface area contributed by atoms with Crippen molar-refractivity contribution in [1.29, 1.82) is 10.8 Å². The van der Waals surface area contributed by atoms with E-state index < -0.39 is 0 Å². The second-order valence-electron chi connectivity index (χ2n) is 5.14. The van der Waals surface area contributed by atoms with Crippen LogP contribution in [0.25, 0.3) is 5.69 Å². The maximum atomic E-state index is 8.36. The monoisotopic (exact) mass is 354 g/mol. The molecule has 0 aliphatic carbocycles. The summed E-state index contributed by atoms with van der Waals surface area (Å²) >= 11 is 12.0. The fraction of sp³-hybridized carbons (Fsp3) is 0.286. The van der Waals surface area contributed by atoms with Crippen LogP contribution in [-0.2, 0) is 11.5 Å². The highest BCUT2D eigenvalue weighted by molar-refractivity contribution is 6.42. The first kappa shape index (κ1) is 15.9. The highest BCUT2D eigenvalue weighted by Crippen LogP contribution is 2.29. The van der Waals surface area contributed by atoms with Crippen molar-refractivity contribution in [1.82, 2.24) is 9.13 Å². The molecule has 1 aliphatic heterocycles. The van der Waals surface area contributed by atoms with Crippen molar-refractivity contribution in [2.75, 3.05) is 11.0 Å². The molecule has 0 unspecified atom stereocenters. The zero-order valence-electron chi connectivity index (χ0n) is 12.4. The highest BCUT2D eigenvalue weighted by atomic mass is 35.5. The summed E-state index contributed by atoms with van der Waals surface area (Å²) in [5, 5.41) is 17.5. The van der Waals surface area contributed by atoms with Gasteiger partial charge in [0, 0.05) is 6.54 Å². The number of hydrogen-bond donors (Lipinski definition) is 4. The lowest BCUT2D eigenvalue weighted by Gasteiger charge is -2.17. The van der Waals surface area contributed by atoms with E-state index in [9.17, 15) is 0 Å². The van der Waals surface area contributed by atoms with E-state index in [-0.39, 0.29) is 11.0 Å². The SMILES string of the molecule is CCCCn1c2c(n(-c3ccc(Cl)c(Cl)c3)c(=N)c1=N)NON2. The average molecular weight is 355 g/mol. The number of halogens is 2. The molecule has 2 heterocycles. The van der Waals surface area contributed by atoms with E-state index in [2.05, 4.69) is 17.9 Å². The molecule has 1 aromatic heterocycles. The number of benzene rings is 1. The van der Waals surface area contributed by atoms with Gasteiger partial charge in [0.15, 0.2) is 22.6 Å². The Morgan fingerprint density at radius 1 is 1.09 bits per heavy atom. The second kappa shape index (κ2) is 6.27. The number of rotatable bonds is 4. The lowest BCUT2D eigenvalue weighted by Crippen LogP contribution is -2.41. The number of nitrogens with zero attached hydrogens (tertiary/aromatic N) is 2. The summed E-state index contributed by atoms with van der Waals surface area (Å²) in [4.78, 5) is 5.09. The van der Waals surface area contributed by atoms with Gasteiger partial charge in [0.25, 0.3) is 0 Å². The third-order valence-corrected chi connectivity index (χ3v) is 4.37. The van der Waals surface area contributed by atoms with E-state index in [0.29, 0.717) is 33.9 Å². The minimum absolute atomic E-state index is 0.0260. The molecular weight excluding hydrogens is 339 g/mol. The maximum Gasteiger partial charge on any atom is 0.182 e. The molecule has 0 bridgehead atoms. The van der Waals surface area contributed by atoms with Crippen molar-refractivity contribution in [3.05, 3.63) is 39.2 Å². The van der Waals surface area contributed by atoms with Gasteiger partial charge in [-0.25, -0.2) is 11.0 Å². The first-order valence-corrected chi connectivity index (χ1v) is 7.92. The Kier molecular flexibility index (Phi) is 4.34. The largest absolute Gasteiger partial charge is 0.305 e. The molecule has 4 N–H and O–H groups in total. The molecule has 1 aromatic carbocycles. The Morgan fingerprint density at radius 3 is 2.52 bits per heavy atom. The van der Waals surface area contributed by atoms with Crippen LogP contribution in [0.15, 0.2) is 18.2 Å². The number of fused-ring (bicyclic) bond motifs is 1. The molecule has 0 saturated carbocycles. The summed E-state index contributed by atoms with van der Waals surface area (Å²) in [5.41, 5.74) is 6.22. The van der Waals surface area contributed by atoms with Gasteiger partial charge in [-0.05, 0) is 24.6 Å². The van der Waals surface area contributed by atoms with Crippen molar-refractivity contribution in [3.63, 3.8) is 0 Å². The van der Waals surface area contributed by atoms with Gasteiger partial charge in [-0.2, -0.15) is 4.94 Å². The van der Waals surface area contributed by atoms with Crippen molar-refractivity contribution < 1.29 is 4.94 Å². The Labute approximate surface area is 142 Å². The summed E-state index contributed by atoms with van der Waals surface area (Å²) < 4.78 is 3.28. The molecule has 0 atom stereocenters. The number of anilines is 2. The first-order chi connectivity index (χ1) is 11.0. The summed E-state index contributed by atoms with van der Waals surface area (Å²) in [5.74, 6) is 1.14. The number of unbranched alkanes of at least 4 members (excludes halogenated alkanes) is 1. The van der Waals surface area contributed by atoms with Gasteiger partial charge >= 0.3 is 0 Å². The van der Waals surface area contributed by atoms with E-state index in [1.807, 2.05) is 0 Å². The van der Waals surface area contributed by atoms with E-state index in [0.717, 1.165) is 12.8 Å². The van der Waals surface area contributed by atoms with E-state index >= 15 is 0 Å². The van der Waals surface area contributed by atoms with Gasteiger partial charge in [0.1, 0.15) is 0 Å². The molecule has 0 amide bonds. The van der Waals surface area contributed by atoms with E-state index in [1.54, 1.807) is 27.3 Å². The van der Waals surface area contributed by atoms with Crippen LogP contribution < -0.4 is 21.9 Å². The second-order valence-corrected chi connectivity index (χ2v) is 5.95. The molecular formula is C14H16Cl2N6O. The molecule has 1 aliphatic rings. The summed E-state index contributed by atoms with van der Waals surface area (Å²) in [6.07, 6.45) is 1.89.